The van der Waals surface area contributed by atoms with Crippen LogP contribution in [0.15, 0.2) is 48.5 Å². The molecule has 1 fully saturated rings. The first-order valence-corrected chi connectivity index (χ1v) is 10.9. The van der Waals surface area contributed by atoms with Crippen molar-refractivity contribution < 1.29 is 14.3 Å². The summed E-state index contributed by atoms with van der Waals surface area (Å²) in [5, 5.41) is 7.60. The van der Waals surface area contributed by atoms with E-state index in [9.17, 15) is 4.79 Å². The molecular formula is C25H27N3O3. The number of amides is 1. The zero-order valence-corrected chi connectivity index (χ0v) is 18.0. The number of carbonyl (C=O) groups is 1. The maximum absolute atomic E-state index is 13.1. The Kier molecular flexibility index (Phi) is 4.93. The monoisotopic (exact) mass is 417 g/mol. The number of anilines is 1. The number of benzene rings is 2. The largest absolute Gasteiger partial charge is 0.448 e. The minimum absolute atomic E-state index is 0.166. The van der Waals surface area contributed by atoms with E-state index < -0.39 is 5.79 Å². The number of nitrogens with one attached hydrogen (secondary N) is 1. The van der Waals surface area contributed by atoms with Crippen molar-refractivity contribution in [3.05, 3.63) is 71.0 Å². The molecule has 0 bridgehead atoms. The molecule has 2 aromatic carbocycles. The summed E-state index contributed by atoms with van der Waals surface area (Å²) in [6, 6.07) is 15.7. The summed E-state index contributed by atoms with van der Waals surface area (Å²) in [5.74, 6) is 0.769. The summed E-state index contributed by atoms with van der Waals surface area (Å²) in [6.07, 6.45) is 5.26. The van der Waals surface area contributed by atoms with Crippen LogP contribution < -0.4 is 14.8 Å². The molecule has 6 nitrogen and oxygen atoms in total. The maximum atomic E-state index is 13.1. The van der Waals surface area contributed by atoms with Crippen molar-refractivity contribution in [3.8, 4) is 11.5 Å². The molecule has 0 unspecified atom stereocenters. The van der Waals surface area contributed by atoms with Gasteiger partial charge < -0.3 is 14.8 Å². The number of aromatic nitrogens is 2. The first kappa shape index (κ1) is 19.7. The molecular weight excluding hydrogens is 390 g/mol. The summed E-state index contributed by atoms with van der Waals surface area (Å²) in [5.41, 5.74) is 4.01. The molecule has 3 aromatic rings. The molecule has 1 aliphatic carbocycles. The Morgan fingerprint density at radius 1 is 1.03 bits per heavy atom. The van der Waals surface area contributed by atoms with Gasteiger partial charge in [0, 0.05) is 30.3 Å². The van der Waals surface area contributed by atoms with E-state index in [1.807, 2.05) is 54.9 Å². The van der Waals surface area contributed by atoms with Gasteiger partial charge in [0.2, 0.25) is 0 Å². The average molecular weight is 418 g/mol. The number of ether oxygens (including phenoxy) is 2. The van der Waals surface area contributed by atoms with Gasteiger partial charge in [-0.15, -0.1) is 0 Å². The first-order chi connectivity index (χ1) is 15.0. The normalized spacial score (nSPS) is 16.5. The fourth-order valence-corrected chi connectivity index (χ4v) is 4.60. The molecule has 160 valence electrons. The van der Waals surface area contributed by atoms with Crippen LogP contribution in [0.25, 0.3) is 0 Å². The Morgan fingerprint density at radius 3 is 2.55 bits per heavy atom. The summed E-state index contributed by atoms with van der Waals surface area (Å²) in [7, 11) is 0. The van der Waals surface area contributed by atoms with Gasteiger partial charge in [-0.1, -0.05) is 36.8 Å². The first-order valence-electron chi connectivity index (χ1n) is 10.9. The fourth-order valence-electron chi connectivity index (χ4n) is 4.60. The van der Waals surface area contributed by atoms with E-state index >= 15 is 0 Å². The van der Waals surface area contributed by atoms with Crippen LogP contribution in [-0.2, 0) is 6.54 Å². The van der Waals surface area contributed by atoms with E-state index in [0.29, 0.717) is 29.2 Å². The van der Waals surface area contributed by atoms with E-state index in [2.05, 4.69) is 22.5 Å². The molecule has 1 spiro atoms. The summed E-state index contributed by atoms with van der Waals surface area (Å²) >= 11 is 0. The molecule has 0 atom stereocenters. The lowest BCUT2D eigenvalue weighted by Gasteiger charge is -2.31. The van der Waals surface area contributed by atoms with Gasteiger partial charge in [-0.05, 0) is 44.4 Å². The second-order valence-electron chi connectivity index (χ2n) is 8.48. The van der Waals surface area contributed by atoms with Crippen LogP contribution in [0, 0.1) is 13.8 Å². The van der Waals surface area contributed by atoms with Gasteiger partial charge in [-0.3, -0.25) is 9.48 Å². The van der Waals surface area contributed by atoms with E-state index in [0.717, 1.165) is 42.7 Å². The number of hydrogen-bond acceptors (Lipinski definition) is 4. The van der Waals surface area contributed by atoms with Gasteiger partial charge in [0.05, 0.1) is 17.8 Å². The van der Waals surface area contributed by atoms with Gasteiger partial charge in [-0.2, -0.15) is 5.10 Å². The third kappa shape index (κ3) is 3.78. The van der Waals surface area contributed by atoms with Crippen molar-refractivity contribution in [2.75, 3.05) is 5.32 Å². The SMILES string of the molecule is Cc1nn(Cc2ccccc2)c(C)c1C(=O)Nc1ccc2c(c1)OC1(CCCCC1)O2. The topological polar surface area (TPSA) is 65.4 Å². The number of nitrogens with zero attached hydrogens (tertiary/aromatic N) is 2. The highest BCUT2D eigenvalue weighted by Crippen LogP contribution is 2.46. The van der Waals surface area contributed by atoms with E-state index in [-0.39, 0.29) is 5.91 Å². The Balaban J connectivity index is 1.33. The quantitative estimate of drug-likeness (QED) is 0.631. The van der Waals surface area contributed by atoms with Crippen molar-refractivity contribution in [1.82, 2.24) is 9.78 Å². The molecule has 2 heterocycles. The van der Waals surface area contributed by atoms with Gasteiger partial charge in [0.1, 0.15) is 0 Å². The molecule has 0 saturated heterocycles. The molecule has 6 heteroatoms. The van der Waals surface area contributed by atoms with Crippen LogP contribution in [-0.4, -0.2) is 21.5 Å². The van der Waals surface area contributed by atoms with E-state index in [1.54, 1.807) is 0 Å². The number of carbonyl (C=O) groups excluding carboxylic acids is 1. The zero-order chi connectivity index (χ0) is 21.4. The molecule has 1 aromatic heterocycles. The fraction of sp³-hybridized carbons (Fsp3) is 0.360. The maximum Gasteiger partial charge on any atom is 0.259 e. The molecule has 1 aliphatic heterocycles. The van der Waals surface area contributed by atoms with E-state index in [1.165, 1.54) is 6.42 Å². The highest BCUT2D eigenvalue weighted by Gasteiger charge is 2.42. The molecule has 0 radical (unpaired) electrons. The molecule has 1 amide bonds. The Hall–Kier alpha value is -3.28. The minimum Gasteiger partial charge on any atom is -0.448 e. The lowest BCUT2D eigenvalue weighted by atomic mass is 9.94. The third-order valence-electron chi connectivity index (χ3n) is 6.19. The van der Waals surface area contributed by atoms with E-state index in [4.69, 9.17) is 9.47 Å². The Bertz CT molecular complexity index is 1110. The van der Waals surface area contributed by atoms with Crippen molar-refractivity contribution in [2.24, 2.45) is 0 Å². The molecule has 1 saturated carbocycles. The predicted molar refractivity (Wildman–Crippen MR) is 119 cm³/mol. The standard InChI is InChI=1S/C25H27N3O3/c1-17-23(18(2)28(27-17)16-19-9-5-3-6-10-19)24(29)26-20-11-12-21-22(15-20)31-25(30-21)13-7-4-8-14-25/h3,5-6,9-12,15H,4,7-8,13-14,16H2,1-2H3,(H,26,29). The highest BCUT2D eigenvalue weighted by molar-refractivity contribution is 6.06. The van der Waals surface area contributed by atoms with Gasteiger partial charge in [0.25, 0.3) is 11.7 Å². The van der Waals surface area contributed by atoms with Crippen molar-refractivity contribution in [3.63, 3.8) is 0 Å². The van der Waals surface area contributed by atoms with Crippen LogP contribution in [0.3, 0.4) is 0 Å². The van der Waals surface area contributed by atoms with Crippen LogP contribution in [0.5, 0.6) is 11.5 Å². The average Bonchev–Trinajstić information content (AvgIpc) is 3.24. The molecule has 31 heavy (non-hydrogen) atoms. The second kappa shape index (κ2) is 7.76. The third-order valence-corrected chi connectivity index (χ3v) is 6.19. The Labute approximate surface area is 182 Å². The van der Waals surface area contributed by atoms with Crippen LogP contribution in [0.2, 0.25) is 0 Å². The van der Waals surface area contributed by atoms with Crippen LogP contribution in [0.4, 0.5) is 5.69 Å². The van der Waals surface area contributed by atoms with Gasteiger partial charge in [-0.25, -0.2) is 0 Å². The summed E-state index contributed by atoms with van der Waals surface area (Å²) < 4.78 is 14.2. The number of aryl methyl sites for hydroxylation is 1. The summed E-state index contributed by atoms with van der Waals surface area (Å²) in [6.45, 7) is 4.44. The van der Waals surface area contributed by atoms with Gasteiger partial charge in [0.15, 0.2) is 11.5 Å². The molecule has 2 aliphatic rings. The lowest BCUT2D eigenvalue weighted by Crippen LogP contribution is -2.40. The lowest BCUT2D eigenvalue weighted by molar-refractivity contribution is -0.105. The van der Waals surface area contributed by atoms with Crippen molar-refractivity contribution in [2.45, 2.75) is 58.3 Å². The number of fused-ring (bicyclic) bond motifs is 1. The van der Waals surface area contributed by atoms with Gasteiger partial charge >= 0.3 is 0 Å². The number of hydrogen-bond donors (Lipinski definition) is 1. The molecule has 1 N–H and O–H groups in total. The molecule has 5 rings (SSSR count). The summed E-state index contributed by atoms with van der Waals surface area (Å²) in [4.78, 5) is 13.1. The van der Waals surface area contributed by atoms with Crippen molar-refractivity contribution in [1.29, 1.82) is 0 Å². The highest BCUT2D eigenvalue weighted by atomic mass is 16.7. The van der Waals surface area contributed by atoms with Crippen molar-refractivity contribution >= 4 is 11.6 Å². The van der Waals surface area contributed by atoms with Crippen LogP contribution >= 0.6 is 0 Å². The predicted octanol–water partition coefficient (Wildman–Crippen LogP) is 5.23. The smallest absolute Gasteiger partial charge is 0.259 e. The zero-order valence-electron chi connectivity index (χ0n) is 18.0. The number of rotatable bonds is 4. The second-order valence-corrected chi connectivity index (χ2v) is 8.48. The Morgan fingerprint density at radius 2 is 1.77 bits per heavy atom. The van der Waals surface area contributed by atoms with Crippen LogP contribution in [0.1, 0.15) is 59.4 Å². The minimum atomic E-state index is -0.519.